The van der Waals surface area contributed by atoms with Crippen LogP contribution >= 0.6 is 11.8 Å². The molecule has 2 rings (SSSR count). The van der Waals surface area contributed by atoms with Crippen molar-refractivity contribution in [2.75, 3.05) is 18.8 Å². The van der Waals surface area contributed by atoms with Crippen molar-refractivity contribution in [3.05, 3.63) is 0 Å². The number of hydrogen-bond donors (Lipinski definition) is 1. The van der Waals surface area contributed by atoms with Crippen molar-refractivity contribution in [2.24, 2.45) is 11.7 Å². The van der Waals surface area contributed by atoms with Crippen LogP contribution in [0.5, 0.6) is 0 Å². The lowest BCUT2D eigenvalue weighted by atomic mass is 9.92. The Kier molecular flexibility index (Phi) is 3.87. The highest BCUT2D eigenvalue weighted by Crippen LogP contribution is 2.41. The van der Waals surface area contributed by atoms with Crippen LogP contribution in [0.15, 0.2) is 0 Å². The summed E-state index contributed by atoms with van der Waals surface area (Å²) >= 11 is 2.10. The minimum atomic E-state index is 0.292. The van der Waals surface area contributed by atoms with Crippen molar-refractivity contribution >= 4 is 11.8 Å². The van der Waals surface area contributed by atoms with E-state index in [2.05, 4.69) is 37.4 Å². The molecule has 1 aliphatic heterocycles. The maximum Gasteiger partial charge on any atom is 0.0435 e. The van der Waals surface area contributed by atoms with Gasteiger partial charge in [0.05, 0.1) is 0 Å². The molecule has 0 spiro atoms. The fourth-order valence-electron chi connectivity index (χ4n) is 2.94. The highest BCUT2D eigenvalue weighted by molar-refractivity contribution is 8.00. The minimum absolute atomic E-state index is 0.292. The highest BCUT2D eigenvalue weighted by atomic mass is 32.2. The highest BCUT2D eigenvalue weighted by Gasteiger charge is 2.44. The van der Waals surface area contributed by atoms with Gasteiger partial charge in [0.15, 0.2) is 0 Å². The SMILES string of the molecule is CC1CC(CN)(N(CC2CC2)C(C)C)CS1. The molecule has 1 aliphatic carbocycles. The number of rotatable bonds is 5. The molecule has 2 N–H and O–H groups in total. The first-order chi connectivity index (χ1) is 7.57. The van der Waals surface area contributed by atoms with Gasteiger partial charge < -0.3 is 5.73 Å². The Morgan fingerprint density at radius 3 is 2.50 bits per heavy atom. The number of hydrogen-bond acceptors (Lipinski definition) is 3. The van der Waals surface area contributed by atoms with Crippen LogP contribution in [-0.4, -0.2) is 40.6 Å². The van der Waals surface area contributed by atoms with Crippen LogP contribution in [0.1, 0.15) is 40.0 Å². The zero-order valence-corrected chi connectivity index (χ0v) is 11.7. The van der Waals surface area contributed by atoms with Gasteiger partial charge in [-0.25, -0.2) is 0 Å². The molecule has 0 aromatic rings. The van der Waals surface area contributed by atoms with Gasteiger partial charge in [-0.3, -0.25) is 4.90 Å². The van der Waals surface area contributed by atoms with Gasteiger partial charge in [0.2, 0.25) is 0 Å². The minimum Gasteiger partial charge on any atom is -0.329 e. The molecule has 1 saturated heterocycles. The van der Waals surface area contributed by atoms with Crippen molar-refractivity contribution in [3.8, 4) is 0 Å². The molecule has 2 atom stereocenters. The van der Waals surface area contributed by atoms with Crippen LogP contribution < -0.4 is 5.73 Å². The molecular formula is C13H26N2S. The molecule has 3 heteroatoms. The normalized spacial score (nSPS) is 35.2. The molecule has 0 aromatic heterocycles. The van der Waals surface area contributed by atoms with Gasteiger partial charge in [0.25, 0.3) is 0 Å². The Morgan fingerprint density at radius 2 is 2.12 bits per heavy atom. The molecule has 2 unspecified atom stereocenters. The zero-order valence-electron chi connectivity index (χ0n) is 10.9. The molecule has 1 saturated carbocycles. The average molecular weight is 242 g/mol. The Morgan fingerprint density at radius 1 is 1.44 bits per heavy atom. The molecule has 0 amide bonds. The quantitative estimate of drug-likeness (QED) is 0.802. The van der Waals surface area contributed by atoms with Gasteiger partial charge in [-0.2, -0.15) is 11.8 Å². The second kappa shape index (κ2) is 4.87. The Labute approximate surface area is 104 Å². The Hall–Kier alpha value is 0.270. The molecule has 0 radical (unpaired) electrons. The third-order valence-corrected chi connectivity index (χ3v) is 5.51. The van der Waals surface area contributed by atoms with Crippen LogP contribution in [0.3, 0.4) is 0 Å². The van der Waals surface area contributed by atoms with E-state index in [9.17, 15) is 0 Å². The van der Waals surface area contributed by atoms with Gasteiger partial charge >= 0.3 is 0 Å². The predicted octanol–water partition coefficient (Wildman–Crippen LogP) is 2.33. The van der Waals surface area contributed by atoms with Crippen molar-refractivity contribution in [1.29, 1.82) is 0 Å². The van der Waals surface area contributed by atoms with Crippen LogP contribution in [0.2, 0.25) is 0 Å². The first-order valence-electron chi connectivity index (χ1n) is 6.66. The van der Waals surface area contributed by atoms with Crippen LogP contribution in [0.4, 0.5) is 0 Å². The van der Waals surface area contributed by atoms with Gasteiger partial charge in [-0.05, 0) is 39.0 Å². The molecule has 1 heterocycles. The maximum absolute atomic E-state index is 6.11. The molecule has 2 nitrogen and oxygen atoms in total. The van der Waals surface area contributed by atoms with E-state index in [4.69, 9.17) is 5.73 Å². The van der Waals surface area contributed by atoms with Crippen molar-refractivity contribution in [3.63, 3.8) is 0 Å². The zero-order chi connectivity index (χ0) is 11.8. The summed E-state index contributed by atoms with van der Waals surface area (Å²) in [5, 5.41) is 0.781. The molecule has 2 aliphatic rings. The number of nitrogens with zero attached hydrogens (tertiary/aromatic N) is 1. The average Bonchev–Trinajstić information content (AvgIpc) is 2.98. The van der Waals surface area contributed by atoms with E-state index in [1.807, 2.05) is 0 Å². The lowest BCUT2D eigenvalue weighted by molar-refractivity contribution is 0.0728. The molecule has 0 aromatic carbocycles. The third-order valence-electron chi connectivity index (χ3n) is 4.07. The van der Waals surface area contributed by atoms with E-state index in [1.54, 1.807) is 0 Å². The van der Waals surface area contributed by atoms with E-state index >= 15 is 0 Å². The van der Waals surface area contributed by atoms with Gasteiger partial charge in [0, 0.05) is 35.7 Å². The van der Waals surface area contributed by atoms with E-state index in [-0.39, 0.29) is 0 Å². The summed E-state index contributed by atoms with van der Waals surface area (Å²) in [7, 11) is 0. The summed E-state index contributed by atoms with van der Waals surface area (Å²) in [6.45, 7) is 9.11. The number of nitrogens with two attached hydrogens (primary N) is 1. The summed E-state index contributed by atoms with van der Waals surface area (Å²) in [5.74, 6) is 2.20. The standard InChI is InChI=1S/C13H26N2S/c1-10(2)15(7-12-4-5-12)13(8-14)6-11(3)16-9-13/h10-12H,4-9,14H2,1-3H3. The fourth-order valence-corrected chi connectivity index (χ4v) is 4.37. The molecule has 94 valence electrons. The van der Waals surface area contributed by atoms with Crippen LogP contribution in [0, 0.1) is 5.92 Å². The monoisotopic (exact) mass is 242 g/mol. The molecule has 16 heavy (non-hydrogen) atoms. The topological polar surface area (TPSA) is 29.3 Å². The molecular weight excluding hydrogens is 216 g/mol. The number of thioether (sulfide) groups is 1. The smallest absolute Gasteiger partial charge is 0.0435 e. The van der Waals surface area contributed by atoms with Crippen molar-refractivity contribution in [1.82, 2.24) is 4.90 Å². The summed E-state index contributed by atoms with van der Waals surface area (Å²) in [4.78, 5) is 2.71. The fraction of sp³-hybridized carbons (Fsp3) is 1.00. The van der Waals surface area contributed by atoms with E-state index in [1.165, 1.54) is 31.6 Å². The lowest BCUT2D eigenvalue weighted by Gasteiger charge is -2.43. The first kappa shape index (κ1) is 12.7. The first-order valence-corrected chi connectivity index (χ1v) is 7.71. The second-order valence-corrected chi connectivity index (χ2v) is 7.37. The summed E-state index contributed by atoms with van der Waals surface area (Å²) < 4.78 is 0. The molecule has 0 bridgehead atoms. The maximum atomic E-state index is 6.11. The lowest BCUT2D eigenvalue weighted by Crippen LogP contribution is -2.57. The van der Waals surface area contributed by atoms with Crippen LogP contribution in [-0.2, 0) is 0 Å². The van der Waals surface area contributed by atoms with Gasteiger partial charge in [-0.1, -0.05) is 6.92 Å². The van der Waals surface area contributed by atoms with E-state index in [0.717, 1.165) is 17.7 Å². The van der Waals surface area contributed by atoms with Crippen LogP contribution in [0.25, 0.3) is 0 Å². The van der Waals surface area contributed by atoms with Crippen molar-refractivity contribution < 1.29 is 0 Å². The second-order valence-electron chi connectivity index (χ2n) is 5.94. The van der Waals surface area contributed by atoms with E-state index in [0.29, 0.717) is 11.6 Å². The summed E-state index contributed by atoms with van der Waals surface area (Å²) in [6, 6.07) is 0.634. The summed E-state index contributed by atoms with van der Waals surface area (Å²) in [5.41, 5.74) is 6.40. The Balaban J connectivity index is 2.08. The van der Waals surface area contributed by atoms with Crippen molar-refractivity contribution in [2.45, 2.75) is 56.9 Å². The Bertz CT molecular complexity index is 240. The predicted molar refractivity (Wildman–Crippen MR) is 72.9 cm³/mol. The molecule has 2 fully saturated rings. The summed E-state index contributed by atoms with van der Waals surface area (Å²) in [6.07, 6.45) is 4.15. The van der Waals surface area contributed by atoms with Gasteiger partial charge in [-0.15, -0.1) is 0 Å². The van der Waals surface area contributed by atoms with Gasteiger partial charge in [0.1, 0.15) is 0 Å². The third kappa shape index (κ3) is 2.57. The largest absolute Gasteiger partial charge is 0.329 e. The van der Waals surface area contributed by atoms with E-state index < -0.39 is 0 Å².